The van der Waals surface area contributed by atoms with Gasteiger partial charge in [0.15, 0.2) is 0 Å². The first-order valence-electron chi connectivity index (χ1n) is 3.46. The summed E-state index contributed by atoms with van der Waals surface area (Å²) in [5.41, 5.74) is -0.261. The topological polar surface area (TPSA) is 104 Å². The Morgan fingerprint density at radius 2 is 2.00 bits per heavy atom. The molecule has 0 amide bonds. The van der Waals surface area contributed by atoms with Crippen molar-refractivity contribution in [2.75, 3.05) is 0 Å². The van der Waals surface area contributed by atoms with Crippen LogP contribution in [-0.4, -0.2) is 36.8 Å². The number of hydrogen-bond donors (Lipinski definition) is 3. The van der Waals surface area contributed by atoms with Gasteiger partial charge in [-0.15, -0.1) is 0 Å². The van der Waals surface area contributed by atoms with Gasteiger partial charge in [-0.1, -0.05) is 0 Å². The first kappa shape index (κ1) is 10.5. The average Bonchev–Trinajstić information content (AvgIpc) is 2.12. The molecule has 1 aromatic rings. The van der Waals surface area contributed by atoms with E-state index < -0.39 is 33.0 Å². The zero-order valence-electron chi connectivity index (χ0n) is 6.80. The van der Waals surface area contributed by atoms with Crippen molar-refractivity contribution in [3.05, 3.63) is 17.7 Å². The molecule has 6 nitrogen and oxygen atoms in total. The van der Waals surface area contributed by atoms with Crippen LogP contribution in [0, 0.1) is 0 Å². The molecule has 0 aliphatic heterocycles. The molecule has 0 aliphatic rings. The molecular formula is C7H5AlO6. The number of carbonyl (C=O) groups is 1. The van der Waals surface area contributed by atoms with Crippen molar-refractivity contribution >= 4 is 21.5 Å². The van der Waals surface area contributed by atoms with Crippen molar-refractivity contribution < 1.29 is 27.7 Å². The third kappa shape index (κ3) is 2.02. The van der Waals surface area contributed by atoms with Crippen LogP contribution in [0.5, 0.6) is 17.2 Å². The van der Waals surface area contributed by atoms with Crippen molar-refractivity contribution in [1.29, 1.82) is 0 Å². The monoisotopic (exact) mass is 212 g/mol. The molecule has 0 fully saturated rings. The summed E-state index contributed by atoms with van der Waals surface area (Å²) in [4.78, 5) is 10.5. The van der Waals surface area contributed by atoms with E-state index in [1.165, 1.54) is 0 Å². The Bertz CT molecular complexity index is 388. The van der Waals surface area contributed by atoms with E-state index in [9.17, 15) is 8.60 Å². The summed E-state index contributed by atoms with van der Waals surface area (Å²) in [6.07, 6.45) is 0. The van der Waals surface area contributed by atoms with Gasteiger partial charge in [0.2, 0.25) is 0 Å². The van der Waals surface area contributed by atoms with Gasteiger partial charge in [-0.2, -0.15) is 0 Å². The molecule has 0 radical (unpaired) electrons. The quantitative estimate of drug-likeness (QED) is 0.486. The molecule has 1 aromatic carbocycles. The Hall–Kier alpha value is -1.58. The Labute approximate surface area is 84.6 Å². The van der Waals surface area contributed by atoms with Crippen LogP contribution >= 0.6 is 0 Å². The molecule has 0 unspecified atom stereocenters. The number of benzene rings is 1. The summed E-state index contributed by atoms with van der Waals surface area (Å²) in [7, 11) is 0. The summed E-state index contributed by atoms with van der Waals surface area (Å²) >= 11 is -1.64. The van der Waals surface area contributed by atoms with Crippen LogP contribution in [0.1, 0.15) is 10.4 Å². The van der Waals surface area contributed by atoms with Crippen LogP contribution in [0.2, 0.25) is 0 Å². The summed E-state index contributed by atoms with van der Waals surface area (Å²) in [6.45, 7) is 0. The number of carboxylic acids is 1. The van der Waals surface area contributed by atoms with Crippen molar-refractivity contribution in [1.82, 2.24) is 0 Å². The predicted octanol–water partition coefficient (Wildman–Crippen LogP) is 0.139. The van der Waals surface area contributed by atoms with Crippen molar-refractivity contribution in [2.45, 2.75) is 0 Å². The second-order valence-electron chi connectivity index (χ2n) is 2.36. The average molecular weight is 212 g/mol. The number of carboxylic acid groups (broad SMARTS) is 1. The molecule has 0 aromatic heterocycles. The van der Waals surface area contributed by atoms with Crippen LogP contribution in [0.15, 0.2) is 12.1 Å². The molecule has 0 atom stereocenters. The normalized spacial score (nSPS) is 9.14. The predicted molar refractivity (Wildman–Crippen MR) is 43.8 cm³/mol. The van der Waals surface area contributed by atoms with E-state index >= 15 is 0 Å². The fourth-order valence-electron chi connectivity index (χ4n) is 0.858. The van der Waals surface area contributed by atoms with Gasteiger partial charge in [0.1, 0.15) is 0 Å². The minimum absolute atomic E-state index is 0.261. The number of phenolic OH excluding ortho intramolecular Hbond substituents is 2. The molecule has 1 rings (SSSR count). The van der Waals surface area contributed by atoms with E-state index in [1.807, 2.05) is 0 Å². The van der Waals surface area contributed by atoms with Crippen LogP contribution < -0.4 is 3.79 Å². The van der Waals surface area contributed by atoms with Gasteiger partial charge < -0.3 is 0 Å². The Kier molecular flexibility index (Phi) is 3.07. The third-order valence-electron chi connectivity index (χ3n) is 1.48. The zero-order chi connectivity index (χ0) is 10.7. The summed E-state index contributed by atoms with van der Waals surface area (Å²) < 4.78 is 14.6. The third-order valence-corrected chi connectivity index (χ3v) is 1.83. The van der Waals surface area contributed by atoms with Crippen LogP contribution in [0.3, 0.4) is 0 Å². The van der Waals surface area contributed by atoms with Gasteiger partial charge in [-0.25, -0.2) is 0 Å². The standard InChI is InChI=1S/C7H6O5.Al.O/c8-4-1-3(7(11)12)2-5(9)6(4)10;;/h1-2,8-10H,(H,11,12);;/q;+1;/p-1. The zero-order valence-corrected chi connectivity index (χ0v) is 7.95. The molecule has 0 saturated heterocycles. The van der Waals surface area contributed by atoms with Crippen molar-refractivity contribution in [3.63, 3.8) is 0 Å². The molecule has 0 spiro atoms. The molecule has 72 valence electrons. The minimum atomic E-state index is -1.64. The molecule has 14 heavy (non-hydrogen) atoms. The second-order valence-corrected chi connectivity index (χ2v) is 2.79. The van der Waals surface area contributed by atoms with E-state index in [1.54, 1.807) is 0 Å². The van der Waals surface area contributed by atoms with Crippen LogP contribution in [-0.2, 0) is 3.80 Å². The van der Waals surface area contributed by atoms with Crippen LogP contribution in [0.4, 0.5) is 0 Å². The fourth-order valence-corrected chi connectivity index (χ4v) is 1.14. The van der Waals surface area contributed by atoms with Crippen molar-refractivity contribution in [3.8, 4) is 17.2 Å². The maximum atomic E-state index is 10.5. The van der Waals surface area contributed by atoms with Gasteiger partial charge in [0.25, 0.3) is 0 Å². The first-order chi connectivity index (χ1) is 6.56. The molecular weight excluding hydrogens is 207 g/mol. The molecule has 0 aliphatic carbocycles. The molecule has 7 heteroatoms. The summed E-state index contributed by atoms with van der Waals surface area (Å²) in [5.74, 6) is -2.86. The number of aromatic hydroxyl groups is 2. The number of hydrogen-bond acceptors (Lipinski definition) is 5. The molecule has 0 bridgehead atoms. The van der Waals surface area contributed by atoms with E-state index in [0.717, 1.165) is 12.1 Å². The molecule has 0 saturated carbocycles. The first-order valence-corrected chi connectivity index (χ1v) is 4.40. The Morgan fingerprint density at radius 3 is 2.50 bits per heavy atom. The van der Waals surface area contributed by atoms with Gasteiger partial charge >= 0.3 is 84.1 Å². The van der Waals surface area contributed by atoms with E-state index in [-0.39, 0.29) is 11.3 Å². The van der Waals surface area contributed by atoms with Gasteiger partial charge in [0, 0.05) is 0 Å². The molecule has 3 N–H and O–H groups in total. The van der Waals surface area contributed by atoms with E-state index in [2.05, 4.69) is 3.79 Å². The Balaban J connectivity index is 3.27. The number of aromatic carboxylic acids is 1. The molecule has 0 heterocycles. The summed E-state index contributed by atoms with van der Waals surface area (Å²) in [5, 5.41) is 26.8. The van der Waals surface area contributed by atoms with Crippen molar-refractivity contribution in [2.24, 2.45) is 0 Å². The number of phenols is 2. The van der Waals surface area contributed by atoms with Crippen LogP contribution in [0.25, 0.3) is 0 Å². The number of rotatable bonds is 3. The van der Waals surface area contributed by atoms with E-state index in [0.29, 0.717) is 0 Å². The summed E-state index contributed by atoms with van der Waals surface area (Å²) in [6, 6.07) is 1.84. The van der Waals surface area contributed by atoms with E-state index in [4.69, 9.17) is 15.3 Å². The van der Waals surface area contributed by atoms with Gasteiger partial charge in [-0.05, 0) is 0 Å². The second kappa shape index (κ2) is 4.09. The maximum absolute atomic E-state index is 10.5. The fraction of sp³-hybridized carbons (Fsp3) is 0. The van der Waals surface area contributed by atoms with Gasteiger partial charge in [0.05, 0.1) is 0 Å². The van der Waals surface area contributed by atoms with Gasteiger partial charge in [-0.3, -0.25) is 0 Å². The Morgan fingerprint density at radius 1 is 1.36 bits per heavy atom. The SMILES string of the molecule is [O]=[Al][O]c1cc(C(=O)O)cc(O)c1O.